The number of rotatable bonds is 4. The van der Waals surface area contributed by atoms with Gasteiger partial charge in [0.2, 0.25) is 0 Å². The third-order valence-corrected chi connectivity index (χ3v) is 2.99. The van der Waals surface area contributed by atoms with Crippen LogP contribution in [0.2, 0.25) is 0 Å². The Morgan fingerprint density at radius 2 is 2.10 bits per heavy atom. The summed E-state index contributed by atoms with van der Waals surface area (Å²) in [5.74, 6) is 0.666. The Kier molecular flexibility index (Phi) is 5.83. The molecule has 5 nitrogen and oxygen atoms in total. The molecule has 6 heteroatoms. The summed E-state index contributed by atoms with van der Waals surface area (Å²) in [6, 6.07) is 5.17. The highest BCUT2D eigenvalue weighted by molar-refractivity contribution is 9.10. The summed E-state index contributed by atoms with van der Waals surface area (Å²) < 4.78 is 11.4. The van der Waals surface area contributed by atoms with Gasteiger partial charge in [-0.2, -0.15) is 0 Å². The molecular weight excluding hydrogens is 324 g/mol. The van der Waals surface area contributed by atoms with Crippen LogP contribution in [0.15, 0.2) is 22.7 Å². The van der Waals surface area contributed by atoms with Crippen molar-refractivity contribution in [2.45, 2.75) is 32.4 Å². The summed E-state index contributed by atoms with van der Waals surface area (Å²) >= 11 is 3.40. The average Bonchev–Trinajstić information content (AvgIpc) is 2.33. The fourth-order valence-electron chi connectivity index (χ4n) is 1.69. The first-order valence-electron chi connectivity index (χ1n) is 6.30. The van der Waals surface area contributed by atoms with E-state index < -0.39 is 11.7 Å². The van der Waals surface area contributed by atoms with Crippen molar-refractivity contribution in [3.63, 3.8) is 0 Å². The molecule has 0 aliphatic carbocycles. The van der Waals surface area contributed by atoms with Gasteiger partial charge in [0.05, 0.1) is 13.2 Å². The Labute approximate surface area is 127 Å². The van der Waals surface area contributed by atoms with E-state index in [1.807, 2.05) is 39.0 Å². The van der Waals surface area contributed by atoms with Gasteiger partial charge >= 0.3 is 6.09 Å². The van der Waals surface area contributed by atoms with Crippen LogP contribution in [0.5, 0.6) is 5.75 Å². The Morgan fingerprint density at radius 1 is 1.45 bits per heavy atom. The number of hydrogen-bond donors (Lipinski definition) is 2. The van der Waals surface area contributed by atoms with Gasteiger partial charge in [-0.15, -0.1) is 0 Å². The van der Waals surface area contributed by atoms with Crippen LogP contribution in [0.4, 0.5) is 4.79 Å². The molecule has 0 aliphatic rings. The van der Waals surface area contributed by atoms with Crippen molar-refractivity contribution >= 4 is 22.0 Å². The molecule has 0 spiro atoms. The first kappa shape index (κ1) is 16.8. The van der Waals surface area contributed by atoms with E-state index in [0.29, 0.717) is 5.75 Å². The van der Waals surface area contributed by atoms with Crippen LogP contribution in [0.1, 0.15) is 32.4 Å². The van der Waals surface area contributed by atoms with Crippen LogP contribution in [0.25, 0.3) is 0 Å². The van der Waals surface area contributed by atoms with Crippen LogP contribution >= 0.6 is 15.9 Å². The fraction of sp³-hybridized carbons (Fsp3) is 0.500. The molecule has 3 N–H and O–H groups in total. The van der Waals surface area contributed by atoms with Crippen LogP contribution < -0.4 is 15.8 Å². The van der Waals surface area contributed by atoms with Crippen molar-refractivity contribution in [2.75, 3.05) is 13.7 Å². The molecule has 0 bridgehead atoms. The lowest BCUT2D eigenvalue weighted by Crippen LogP contribution is -2.37. The predicted molar refractivity (Wildman–Crippen MR) is 81.9 cm³/mol. The normalized spacial score (nSPS) is 12.7. The van der Waals surface area contributed by atoms with Gasteiger partial charge in [-0.1, -0.05) is 15.9 Å². The van der Waals surface area contributed by atoms with Gasteiger partial charge in [0.25, 0.3) is 0 Å². The zero-order valence-corrected chi connectivity index (χ0v) is 13.8. The van der Waals surface area contributed by atoms with Crippen LogP contribution in [0, 0.1) is 0 Å². The minimum atomic E-state index is -0.551. The van der Waals surface area contributed by atoms with Gasteiger partial charge in [-0.3, -0.25) is 0 Å². The molecule has 0 heterocycles. The maximum absolute atomic E-state index is 11.8. The van der Waals surface area contributed by atoms with E-state index in [1.165, 1.54) is 0 Å². The Morgan fingerprint density at radius 3 is 2.60 bits per heavy atom. The van der Waals surface area contributed by atoms with Gasteiger partial charge in [0, 0.05) is 16.6 Å². The number of halogens is 1. The lowest BCUT2D eigenvalue weighted by atomic mass is 10.1. The number of methoxy groups -OCH3 is 1. The summed E-state index contributed by atoms with van der Waals surface area (Å²) in [4.78, 5) is 11.8. The van der Waals surface area contributed by atoms with E-state index in [4.69, 9.17) is 15.2 Å². The molecule has 1 aromatic carbocycles. The third kappa shape index (κ3) is 5.02. The zero-order valence-electron chi connectivity index (χ0n) is 12.2. The summed E-state index contributed by atoms with van der Waals surface area (Å²) in [5.41, 5.74) is 6.00. The summed E-state index contributed by atoms with van der Waals surface area (Å²) in [6.45, 7) is 5.67. The molecule has 112 valence electrons. The van der Waals surface area contributed by atoms with Gasteiger partial charge in [0.1, 0.15) is 11.4 Å². The van der Waals surface area contributed by atoms with Gasteiger partial charge in [0.15, 0.2) is 0 Å². The highest BCUT2D eigenvalue weighted by Crippen LogP contribution is 2.28. The van der Waals surface area contributed by atoms with Crippen molar-refractivity contribution < 1.29 is 14.3 Å². The topological polar surface area (TPSA) is 73.6 Å². The molecule has 0 saturated heterocycles. The highest BCUT2D eigenvalue weighted by Gasteiger charge is 2.21. The van der Waals surface area contributed by atoms with Crippen molar-refractivity contribution in [3.05, 3.63) is 28.2 Å². The second-order valence-corrected chi connectivity index (χ2v) is 6.24. The Balaban J connectivity index is 2.91. The molecule has 0 aromatic heterocycles. The monoisotopic (exact) mass is 344 g/mol. The van der Waals surface area contributed by atoms with E-state index in [1.54, 1.807) is 7.11 Å². The molecule has 1 atom stereocenters. The Hall–Kier alpha value is -1.27. The van der Waals surface area contributed by atoms with Crippen molar-refractivity contribution in [2.24, 2.45) is 5.73 Å². The van der Waals surface area contributed by atoms with E-state index in [0.717, 1.165) is 10.0 Å². The molecule has 0 radical (unpaired) electrons. The van der Waals surface area contributed by atoms with Crippen LogP contribution in [-0.2, 0) is 4.74 Å². The van der Waals surface area contributed by atoms with E-state index in [9.17, 15) is 4.79 Å². The summed E-state index contributed by atoms with van der Waals surface area (Å²) in [7, 11) is 1.58. The average molecular weight is 345 g/mol. The van der Waals surface area contributed by atoms with Crippen LogP contribution in [0.3, 0.4) is 0 Å². The highest BCUT2D eigenvalue weighted by atomic mass is 79.9. The molecule has 1 aromatic rings. The van der Waals surface area contributed by atoms with Crippen molar-refractivity contribution in [1.29, 1.82) is 0 Å². The first-order chi connectivity index (χ1) is 9.26. The van der Waals surface area contributed by atoms with Gasteiger partial charge in [-0.05, 0) is 39.0 Å². The summed E-state index contributed by atoms with van der Waals surface area (Å²) in [6.07, 6.45) is -0.505. The molecule has 20 heavy (non-hydrogen) atoms. The number of benzene rings is 1. The fourth-order valence-corrected chi connectivity index (χ4v) is 2.07. The molecule has 0 fully saturated rings. The number of ether oxygens (including phenoxy) is 2. The van der Waals surface area contributed by atoms with Gasteiger partial charge < -0.3 is 20.5 Å². The zero-order chi connectivity index (χ0) is 15.3. The number of carbonyl (C=O) groups excluding carboxylic acids is 1. The maximum Gasteiger partial charge on any atom is 0.408 e. The molecule has 0 saturated carbocycles. The maximum atomic E-state index is 11.8. The smallest absolute Gasteiger partial charge is 0.408 e. The minimum absolute atomic E-state index is 0.242. The second-order valence-electron chi connectivity index (χ2n) is 5.32. The third-order valence-electron chi connectivity index (χ3n) is 2.49. The first-order valence-corrected chi connectivity index (χ1v) is 7.09. The predicted octanol–water partition coefficient (Wildman–Crippen LogP) is 2.98. The number of carbonyl (C=O) groups is 1. The number of alkyl carbamates (subject to hydrolysis) is 1. The number of nitrogens with one attached hydrogen (secondary N) is 1. The van der Waals surface area contributed by atoms with E-state index in [2.05, 4.69) is 21.2 Å². The Bertz CT molecular complexity index is 472. The van der Waals surface area contributed by atoms with Crippen molar-refractivity contribution in [1.82, 2.24) is 5.32 Å². The lowest BCUT2D eigenvalue weighted by Gasteiger charge is -2.24. The molecule has 1 amide bonds. The second kappa shape index (κ2) is 6.95. The molecule has 1 unspecified atom stereocenters. The minimum Gasteiger partial charge on any atom is -0.496 e. The van der Waals surface area contributed by atoms with E-state index in [-0.39, 0.29) is 12.6 Å². The van der Waals surface area contributed by atoms with Crippen LogP contribution in [-0.4, -0.2) is 25.3 Å². The standard InChI is InChI=1S/C14H21BrN2O3/c1-14(2,3)20-13(18)17-11(8-16)10-7-9(15)5-6-12(10)19-4/h5-7,11H,8,16H2,1-4H3,(H,17,18). The SMILES string of the molecule is COc1ccc(Br)cc1C(CN)NC(=O)OC(C)(C)C. The van der Waals surface area contributed by atoms with Crippen molar-refractivity contribution in [3.8, 4) is 5.75 Å². The summed E-state index contributed by atoms with van der Waals surface area (Å²) in [5, 5.41) is 2.75. The quantitative estimate of drug-likeness (QED) is 0.880. The number of nitrogens with two attached hydrogens (primary N) is 1. The number of amides is 1. The molecular formula is C14H21BrN2O3. The molecule has 0 aliphatic heterocycles. The van der Waals surface area contributed by atoms with Gasteiger partial charge in [-0.25, -0.2) is 4.79 Å². The largest absolute Gasteiger partial charge is 0.496 e. The molecule has 1 rings (SSSR count). The number of hydrogen-bond acceptors (Lipinski definition) is 4. The lowest BCUT2D eigenvalue weighted by molar-refractivity contribution is 0.0505. The van der Waals surface area contributed by atoms with E-state index >= 15 is 0 Å².